The Kier molecular flexibility index (Phi) is 9.80. The monoisotopic (exact) mass is 339 g/mol. The number of benzene rings is 2. The fourth-order valence-electron chi connectivity index (χ4n) is 2.94. The average Bonchev–Trinajstić information content (AvgIpc) is 2.65. The number of ether oxygens (including phenoxy) is 1. The van der Waals surface area contributed by atoms with Crippen molar-refractivity contribution < 1.29 is 4.74 Å². The van der Waals surface area contributed by atoms with Gasteiger partial charge in [-0.15, -0.1) is 0 Å². The van der Waals surface area contributed by atoms with Crippen molar-refractivity contribution in [3.05, 3.63) is 65.7 Å². The highest BCUT2D eigenvalue weighted by molar-refractivity contribution is 5.28. The van der Waals surface area contributed by atoms with Crippen molar-refractivity contribution in [3.8, 4) is 5.75 Å². The summed E-state index contributed by atoms with van der Waals surface area (Å²) < 4.78 is 5.91. The molecular formula is C23H33NO. The molecule has 0 amide bonds. The van der Waals surface area contributed by atoms with Crippen LogP contribution in [0.1, 0.15) is 56.6 Å². The zero-order valence-electron chi connectivity index (χ0n) is 15.7. The van der Waals surface area contributed by atoms with Crippen LogP contribution in [-0.4, -0.2) is 13.2 Å². The molecule has 0 aliphatic carbocycles. The Balaban J connectivity index is 1.60. The zero-order valence-corrected chi connectivity index (χ0v) is 15.7. The molecule has 0 heterocycles. The minimum Gasteiger partial charge on any atom is -0.493 e. The van der Waals surface area contributed by atoms with Gasteiger partial charge >= 0.3 is 0 Å². The minimum atomic E-state index is 0.721. The Bertz CT molecular complexity index is 567. The Labute approximate surface area is 153 Å². The van der Waals surface area contributed by atoms with Crippen LogP contribution >= 0.6 is 0 Å². The summed E-state index contributed by atoms with van der Waals surface area (Å²) in [5, 5.41) is 3.55. The first-order valence-electron chi connectivity index (χ1n) is 9.85. The van der Waals surface area contributed by atoms with E-state index in [0.717, 1.165) is 31.9 Å². The summed E-state index contributed by atoms with van der Waals surface area (Å²) in [6.45, 7) is 5.01. The highest BCUT2D eigenvalue weighted by Crippen LogP contribution is 2.14. The fourth-order valence-corrected chi connectivity index (χ4v) is 2.94. The van der Waals surface area contributed by atoms with Crippen LogP contribution in [-0.2, 0) is 13.0 Å². The maximum absolute atomic E-state index is 5.91. The highest BCUT2D eigenvalue weighted by Gasteiger charge is 1.98. The van der Waals surface area contributed by atoms with Crippen LogP contribution in [0.25, 0.3) is 0 Å². The Hall–Kier alpha value is -1.80. The quantitative estimate of drug-likeness (QED) is 0.469. The third-order valence-corrected chi connectivity index (χ3v) is 4.44. The number of nitrogens with one attached hydrogen (secondary N) is 1. The van der Waals surface area contributed by atoms with E-state index in [4.69, 9.17) is 4.74 Å². The normalized spacial score (nSPS) is 10.8. The maximum Gasteiger partial charge on any atom is 0.119 e. The summed E-state index contributed by atoms with van der Waals surface area (Å²) in [7, 11) is 0. The van der Waals surface area contributed by atoms with Crippen molar-refractivity contribution in [2.75, 3.05) is 13.2 Å². The smallest absolute Gasteiger partial charge is 0.119 e. The van der Waals surface area contributed by atoms with Crippen LogP contribution in [0.3, 0.4) is 0 Å². The molecule has 0 saturated heterocycles. The van der Waals surface area contributed by atoms with Gasteiger partial charge < -0.3 is 10.1 Å². The second-order valence-corrected chi connectivity index (χ2v) is 6.68. The molecule has 0 aliphatic rings. The third-order valence-electron chi connectivity index (χ3n) is 4.44. The van der Waals surface area contributed by atoms with E-state index >= 15 is 0 Å². The first kappa shape index (κ1) is 19.5. The van der Waals surface area contributed by atoms with E-state index in [1.54, 1.807) is 0 Å². The Morgan fingerprint density at radius 1 is 0.800 bits per heavy atom. The molecule has 0 spiro atoms. The maximum atomic E-state index is 5.91. The lowest BCUT2D eigenvalue weighted by molar-refractivity contribution is 0.321. The van der Waals surface area contributed by atoms with E-state index in [1.165, 1.54) is 49.7 Å². The molecule has 0 atom stereocenters. The SMILES string of the molecule is CCCCCCCCNCc1cccc(OCCc2ccccc2)c1. The number of hydrogen-bond acceptors (Lipinski definition) is 2. The van der Waals surface area contributed by atoms with Crippen molar-refractivity contribution in [1.82, 2.24) is 5.32 Å². The second kappa shape index (κ2) is 12.5. The largest absolute Gasteiger partial charge is 0.493 e. The first-order chi connectivity index (χ1) is 12.4. The third kappa shape index (κ3) is 8.74. The molecule has 2 rings (SSSR count). The Morgan fingerprint density at radius 3 is 2.40 bits per heavy atom. The molecule has 136 valence electrons. The molecule has 25 heavy (non-hydrogen) atoms. The van der Waals surface area contributed by atoms with Gasteiger partial charge in [-0.2, -0.15) is 0 Å². The molecule has 2 aromatic rings. The second-order valence-electron chi connectivity index (χ2n) is 6.68. The molecule has 0 aromatic heterocycles. The zero-order chi connectivity index (χ0) is 17.6. The summed E-state index contributed by atoms with van der Waals surface area (Å²) in [5.74, 6) is 0.967. The summed E-state index contributed by atoms with van der Waals surface area (Å²) >= 11 is 0. The number of hydrogen-bond donors (Lipinski definition) is 1. The first-order valence-corrected chi connectivity index (χ1v) is 9.85. The predicted octanol–water partition coefficient (Wildman–Crippen LogP) is 5.76. The highest BCUT2D eigenvalue weighted by atomic mass is 16.5. The molecule has 2 nitrogen and oxygen atoms in total. The van der Waals surface area contributed by atoms with Gasteiger partial charge in [-0.3, -0.25) is 0 Å². The van der Waals surface area contributed by atoms with Gasteiger partial charge in [-0.25, -0.2) is 0 Å². The molecule has 0 radical (unpaired) electrons. The number of unbranched alkanes of at least 4 members (excludes halogenated alkanes) is 5. The van der Waals surface area contributed by atoms with E-state index in [2.05, 4.69) is 54.7 Å². The fraction of sp³-hybridized carbons (Fsp3) is 0.478. The van der Waals surface area contributed by atoms with Crippen LogP contribution in [0.15, 0.2) is 54.6 Å². The summed E-state index contributed by atoms with van der Waals surface area (Å²) in [5.41, 5.74) is 2.61. The molecule has 0 bridgehead atoms. The van der Waals surface area contributed by atoms with Crippen molar-refractivity contribution in [2.45, 2.75) is 58.4 Å². The summed E-state index contributed by atoms with van der Waals surface area (Å²) in [6, 6.07) is 18.9. The molecule has 1 N–H and O–H groups in total. The predicted molar refractivity (Wildman–Crippen MR) is 107 cm³/mol. The van der Waals surface area contributed by atoms with Gasteiger partial charge in [0.15, 0.2) is 0 Å². The van der Waals surface area contributed by atoms with Gasteiger partial charge in [0.25, 0.3) is 0 Å². The molecular weight excluding hydrogens is 306 g/mol. The van der Waals surface area contributed by atoms with Crippen LogP contribution in [0, 0.1) is 0 Å². The van der Waals surface area contributed by atoms with Crippen molar-refractivity contribution in [2.24, 2.45) is 0 Å². The van der Waals surface area contributed by atoms with Gasteiger partial charge in [-0.1, -0.05) is 81.5 Å². The molecule has 0 saturated carbocycles. The topological polar surface area (TPSA) is 21.3 Å². The Morgan fingerprint density at radius 2 is 1.56 bits per heavy atom. The molecule has 2 aromatic carbocycles. The van der Waals surface area contributed by atoms with Crippen molar-refractivity contribution in [1.29, 1.82) is 0 Å². The van der Waals surface area contributed by atoms with E-state index < -0.39 is 0 Å². The summed E-state index contributed by atoms with van der Waals surface area (Å²) in [6.07, 6.45) is 9.03. The minimum absolute atomic E-state index is 0.721. The van der Waals surface area contributed by atoms with Crippen LogP contribution in [0.5, 0.6) is 5.75 Å². The van der Waals surface area contributed by atoms with E-state index in [-0.39, 0.29) is 0 Å². The van der Waals surface area contributed by atoms with E-state index in [9.17, 15) is 0 Å². The lowest BCUT2D eigenvalue weighted by atomic mass is 10.1. The van der Waals surface area contributed by atoms with Gasteiger partial charge in [0, 0.05) is 13.0 Å². The number of rotatable bonds is 13. The standard InChI is InChI=1S/C23H33NO/c1-2-3-4-5-6-10-17-24-20-22-14-11-15-23(19-22)25-18-16-21-12-8-7-9-13-21/h7-9,11-15,19,24H,2-6,10,16-18,20H2,1H3. The van der Waals surface area contributed by atoms with E-state index in [1.807, 2.05) is 12.1 Å². The van der Waals surface area contributed by atoms with Crippen molar-refractivity contribution >= 4 is 0 Å². The molecule has 0 fully saturated rings. The van der Waals surface area contributed by atoms with Crippen LogP contribution < -0.4 is 10.1 Å². The van der Waals surface area contributed by atoms with Crippen LogP contribution in [0.4, 0.5) is 0 Å². The van der Waals surface area contributed by atoms with Gasteiger partial charge in [0.05, 0.1) is 6.61 Å². The lowest BCUT2D eigenvalue weighted by Crippen LogP contribution is -2.14. The molecule has 0 aliphatic heterocycles. The molecule has 2 heteroatoms. The average molecular weight is 340 g/mol. The van der Waals surface area contributed by atoms with Crippen molar-refractivity contribution in [3.63, 3.8) is 0 Å². The van der Waals surface area contributed by atoms with Gasteiger partial charge in [0.1, 0.15) is 5.75 Å². The lowest BCUT2D eigenvalue weighted by Gasteiger charge is -2.09. The van der Waals surface area contributed by atoms with Gasteiger partial charge in [-0.05, 0) is 36.2 Å². The molecule has 0 unspecified atom stereocenters. The van der Waals surface area contributed by atoms with Crippen LogP contribution in [0.2, 0.25) is 0 Å². The van der Waals surface area contributed by atoms with E-state index in [0.29, 0.717) is 0 Å². The van der Waals surface area contributed by atoms with Gasteiger partial charge in [0.2, 0.25) is 0 Å². The summed E-state index contributed by atoms with van der Waals surface area (Å²) in [4.78, 5) is 0.